The SMILES string of the molecule is COCCOC(=O)CSc1ccc(C(=O)C(C)C)cc1. The molecule has 0 saturated carbocycles. The smallest absolute Gasteiger partial charge is 0.316 e. The molecule has 0 unspecified atom stereocenters. The minimum atomic E-state index is -0.269. The maximum atomic E-state index is 11.8. The van der Waals surface area contributed by atoms with Crippen molar-refractivity contribution in [1.82, 2.24) is 0 Å². The lowest BCUT2D eigenvalue weighted by molar-refractivity contribution is -0.141. The van der Waals surface area contributed by atoms with Crippen LogP contribution in [0.15, 0.2) is 29.2 Å². The molecule has 0 aliphatic heterocycles. The number of thioether (sulfide) groups is 1. The maximum absolute atomic E-state index is 11.8. The van der Waals surface area contributed by atoms with Gasteiger partial charge in [0.1, 0.15) is 6.61 Å². The number of hydrogen-bond donors (Lipinski definition) is 0. The molecule has 1 aromatic carbocycles. The van der Waals surface area contributed by atoms with Crippen LogP contribution >= 0.6 is 11.8 Å². The number of methoxy groups -OCH3 is 1. The number of esters is 1. The number of carbonyl (C=O) groups excluding carboxylic acids is 2. The zero-order valence-corrected chi connectivity index (χ0v) is 12.9. The Morgan fingerprint density at radius 2 is 1.80 bits per heavy atom. The van der Waals surface area contributed by atoms with Crippen LogP contribution in [0.25, 0.3) is 0 Å². The summed E-state index contributed by atoms with van der Waals surface area (Å²) in [6.07, 6.45) is 0. The first-order valence-electron chi connectivity index (χ1n) is 6.46. The number of ketones is 1. The van der Waals surface area contributed by atoms with Crippen molar-refractivity contribution in [2.24, 2.45) is 5.92 Å². The molecule has 1 rings (SSSR count). The quantitative estimate of drug-likeness (QED) is 0.319. The average molecular weight is 296 g/mol. The fraction of sp³-hybridized carbons (Fsp3) is 0.467. The van der Waals surface area contributed by atoms with Crippen molar-refractivity contribution in [3.63, 3.8) is 0 Å². The Kier molecular flexibility index (Phi) is 7.33. The highest BCUT2D eigenvalue weighted by molar-refractivity contribution is 8.00. The van der Waals surface area contributed by atoms with E-state index in [1.807, 2.05) is 26.0 Å². The summed E-state index contributed by atoms with van der Waals surface area (Å²) >= 11 is 1.39. The van der Waals surface area contributed by atoms with Crippen molar-refractivity contribution in [2.75, 3.05) is 26.1 Å². The van der Waals surface area contributed by atoms with Gasteiger partial charge in [-0.25, -0.2) is 0 Å². The summed E-state index contributed by atoms with van der Waals surface area (Å²) < 4.78 is 9.75. The van der Waals surface area contributed by atoms with E-state index in [4.69, 9.17) is 9.47 Å². The van der Waals surface area contributed by atoms with Crippen molar-refractivity contribution >= 4 is 23.5 Å². The second-order valence-electron chi connectivity index (χ2n) is 4.55. The summed E-state index contributed by atoms with van der Waals surface area (Å²) in [5.41, 5.74) is 0.701. The van der Waals surface area contributed by atoms with E-state index in [0.29, 0.717) is 12.2 Å². The minimum absolute atomic E-state index is 0.00994. The third-order valence-electron chi connectivity index (χ3n) is 2.57. The van der Waals surface area contributed by atoms with Gasteiger partial charge in [-0.2, -0.15) is 0 Å². The Labute approximate surface area is 123 Å². The van der Waals surface area contributed by atoms with Gasteiger partial charge in [0.25, 0.3) is 0 Å². The third kappa shape index (κ3) is 5.75. The maximum Gasteiger partial charge on any atom is 0.316 e. The van der Waals surface area contributed by atoms with Crippen molar-refractivity contribution in [2.45, 2.75) is 18.7 Å². The highest BCUT2D eigenvalue weighted by Crippen LogP contribution is 2.19. The van der Waals surface area contributed by atoms with Gasteiger partial charge in [0.05, 0.1) is 12.4 Å². The zero-order valence-electron chi connectivity index (χ0n) is 12.0. The summed E-state index contributed by atoms with van der Waals surface area (Å²) in [6, 6.07) is 7.28. The average Bonchev–Trinajstić information content (AvgIpc) is 2.45. The minimum Gasteiger partial charge on any atom is -0.463 e. The molecule has 0 aromatic heterocycles. The van der Waals surface area contributed by atoms with E-state index in [1.54, 1.807) is 19.2 Å². The largest absolute Gasteiger partial charge is 0.463 e. The molecule has 0 amide bonds. The van der Waals surface area contributed by atoms with E-state index in [9.17, 15) is 9.59 Å². The predicted molar refractivity (Wildman–Crippen MR) is 79.2 cm³/mol. The van der Waals surface area contributed by atoms with Gasteiger partial charge in [0, 0.05) is 23.5 Å². The molecule has 1 aromatic rings. The standard InChI is InChI=1S/C15H20O4S/c1-11(2)15(17)12-4-6-13(7-5-12)20-10-14(16)19-9-8-18-3/h4-7,11H,8-10H2,1-3H3. The van der Waals surface area contributed by atoms with Crippen molar-refractivity contribution < 1.29 is 19.1 Å². The first-order chi connectivity index (χ1) is 9.54. The number of rotatable bonds is 8. The van der Waals surface area contributed by atoms with Crippen molar-refractivity contribution in [1.29, 1.82) is 0 Å². The lowest BCUT2D eigenvalue weighted by Gasteiger charge is -2.06. The third-order valence-corrected chi connectivity index (χ3v) is 3.56. The first-order valence-corrected chi connectivity index (χ1v) is 7.44. The lowest BCUT2D eigenvalue weighted by Crippen LogP contribution is -2.11. The summed E-state index contributed by atoms with van der Waals surface area (Å²) in [6.45, 7) is 4.43. The molecule has 0 heterocycles. The van der Waals surface area contributed by atoms with Gasteiger partial charge in [-0.15, -0.1) is 11.8 Å². The number of ether oxygens (including phenoxy) is 2. The fourth-order valence-corrected chi connectivity index (χ4v) is 2.17. The first kappa shape index (κ1) is 16.7. The molecule has 0 aliphatic carbocycles. The molecule has 0 spiro atoms. The molecule has 0 saturated heterocycles. The van der Waals surface area contributed by atoms with Crippen LogP contribution in [0.5, 0.6) is 0 Å². The Morgan fingerprint density at radius 3 is 2.35 bits per heavy atom. The molecule has 20 heavy (non-hydrogen) atoms. The van der Waals surface area contributed by atoms with E-state index in [2.05, 4.69) is 0 Å². The van der Waals surface area contributed by atoms with E-state index in [0.717, 1.165) is 4.90 Å². The summed E-state index contributed by atoms with van der Waals surface area (Å²) in [5, 5.41) is 0. The monoisotopic (exact) mass is 296 g/mol. The van der Waals surface area contributed by atoms with Gasteiger partial charge in [-0.05, 0) is 12.1 Å². The molecule has 0 N–H and O–H groups in total. The van der Waals surface area contributed by atoms with Crippen molar-refractivity contribution in [3.05, 3.63) is 29.8 Å². The molecule has 0 atom stereocenters. The lowest BCUT2D eigenvalue weighted by atomic mass is 10.0. The van der Waals surface area contributed by atoms with Crippen LogP contribution in [-0.2, 0) is 14.3 Å². The van der Waals surface area contributed by atoms with Crippen LogP contribution in [0.3, 0.4) is 0 Å². The number of Topliss-reactive ketones (excluding diaryl/α,β-unsaturated/α-hetero) is 1. The highest BCUT2D eigenvalue weighted by Gasteiger charge is 2.10. The fourth-order valence-electron chi connectivity index (χ4n) is 1.47. The van der Waals surface area contributed by atoms with Gasteiger partial charge in [-0.1, -0.05) is 26.0 Å². The molecule has 110 valence electrons. The predicted octanol–water partition coefficient (Wildman–Crippen LogP) is 2.81. The van der Waals surface area contributed by atoms with E-state index in [1.165, 1.54) is 11.8 Å². The van der Waals surface area contributed by atoms with Crippen LogP contribution in [0.4, 0.5) is 0 Å². The second kappa shape index (κ2) is 8.76. The summed E-state index contributed by atoms with van der Waals surface area (Å²) in [4.78, 5) is 24.1. The Bertz CT molecular complexity index is 440. The zero-order chi connectivity index (χ0) is 15.0. The molecule has 0 bridgehead atoms. The van der Waals surface area contributed by atoms with Crippen molar-refractivity contribution in [3.8, 4) is 0 Å². The van der Waals surface area contributed by atoms with Crippen LogP contribution < -0.4 is 0 Å². The van der Waals surface area contributed by atoms with Crippen LogP contribution in [-0.4, -0.2) is 37.8 Å². The van der Waals surface area contributed by atoms with Gasteiger partial charge in [0.15, 0.2) is 5.78 Å². The Balaban J connectivity index is 2.42. The van der Waals surface area contributed by atoms with Gasteiger partial charge in [-0.3, -0.25) is 9.59 Å². The number of benzene rings is 1. The molecular formula is C15H20O4S. The van der Waals surface area contributed by atoms with Crippen LogP contribution in [0.2, 0.25) is 0 Å². The van der Waals surface area contributed by atoms with Gasteiger partial charge < -0.3 is 9.47 Å². The van der Waals surface area contributed by atoms with Crippen LogP contribution in [0.1, 0.15) is 24.2 Å². The molecule has 0 aliphatic rings. The van der Waals surface area contributed by atoms with E-state index in [-0.39, 0.29) is 30.0 Å². The summed E-state index contributed by atoms with van der Waals surface area (Å²) in [5.74, 6) is 0.0976. The number of carbonyl (C=O) groups is 2. The summed E-state index contributed by atoms with van der Waals surface area (Å²) in [7, 11) is 1.56. The molecule has 4 nitrogen and oxygen atoms in total. The molecular weight excluding hydrogens is 276 g/mol. The topological polar surface area (TPSA) is 52.6 Å². The highest BCUT2D eigenvalue weighted by atomic mass is 32.2. The normalized spacial score (nSPS) is 10.6. The van der Waals surface area contributed by atoms with Gasteiger partial charge in [0.2, 0.25) is 0 Å². The van der Waals surface area contributed by atoms with E-state index < -0.39 is 0 Å². The number of hydrogen-bond acceptors (Lipinski definition) is 5. The Morgan fingerprint density at radius 1 is 1.15 bits per heavy atom. The molecule has 0 radical (unpaired) electrons. The van der Waals surface area contributed by atoms with Crippen LogP contribution in [0, 0.1) is 5.92 Å². The van der Waals surface area contributed by atoms with Gasteiger partial charge >= 0.3 is 5.97 Å². The van der Waals surface area contributed by atoms with E-state index >= 15 is 0 Å². The Hall–Kier alpha value is -1.33. The second-order valence-corrected chi connectivity index (χ2v) is 5.59. The molecule has 5 heteroatoms. The molecule has 0 fully saturated rings.